The standard InChI is InChI=1S/C13H28N4O2S/c1-16-7-3-2-4-13(16)11-15-20(18,19)17-8-5-12(10-14)6-9-17/h12-13,15H,2-11,14H2,1H3. The van der Waals surface area contributed by atoms with Gasteiger partial charge in [0.25, 0.3) is 10.2 Å². The Bertz CT molecular complexity index is 393. The molecule has 2 rings (SSSR count). The first-order valence-corrected chi connectivity index (χ1v) is 9.12. The second-order valence-corrected chi connectivity index (χ2v) is 7.82. The fourth-order valence-corrected chi connectivity index (χ4v) is 4.36. The van der Waals surface area contributed by atoms with Crippen molar-refractivity contribution >= 4 is 10.2 Å². The SMILES string of the molecule is CN1CCCCC1CNS(=O)(=O)N1CCC(CN)CC1. The lowest BCUT2D eigenvalue weighted by atomic mass is 9.99. The Morgan fingerprint density at radius 2 is 1.85 bits per heavy atom. The van der Waals surface area contributed by atoms with E-state index in [4.69, 9.17) is 5.73 Å². The van der Waals surface area contributed by atoms with Crippen LogP contribution in [0.5, 0.6) is 0 Å². The third-order valence-corrected chi connectivity index (χ3v) is 6.25. The van der Waals surface area contributed by atoms with Crippen molar-refractivity contribution in [1.82, 2.24) is 13.9 Å². The summed E-state index contributed by atoms with van der Waals surface area (Å²) in [7, 11) is -1.25. The van der Waals surface area contributed by atoms with Gasteiger partial charge < -0.3 is 10.6 Å². The highest BCUT2D eigenvalue weighted by Gasteiger charge is 2.28. The summed E-state index contributed by atoms with van der Waals surface area (Å²) in [4.78, 5) is 2.26. The van der Waals surface area contributed by atoms with E-state index in [0.717, 1.165) is 25.8 Å². The zero-order valence-electron chi connectivity index (χ0n) is 12.4. The van der Waals surface area contributed by atoms with Crippen molar-refractivity contribution < 1.29 is 8.42 Å². The number of piperidine rings is 2. The Hall–Kier alpha value is -0.210. The Kier molecular flexibility index (Phi) is 5.80. The van der Waals surface area contributed by atoms with Crippen LogP contribution in [0.1, 0.15) is 32.1 Å². The highest BCUT2D eigenvalue weighted by Crippen LogP contribution is 2.18. The van der Waals surface area contributed by atoms with Crippen LogP contribution in [0.15, 0.2) is 0 Å². The van der Waals surface area contributed by atoms with Gasteiger partial charge in [-0.25, -0.2) is 4.72 Å². The topological polar surface area (TPSA) is 78.7 Å². The first kappa shape index (κ1) is 16.2. The van der Waals surface area contributed by atoms with Gasteiger partial charge in [-0.1, -0.05) is 6.42 Å². The van der Waals surface area contributed by atoms with E-state index in [9.17, 15) is 8.42 Å². The highest BCUT2D eigenvalue weighted by molar-refractivity contribution is 7.87. The Morgan fingerprint density at radius 3 is 2.45 bits per heavy atom. The molecule has 0 amide bonds. The summed E-state index contributed by atoms with van der Waals surface area (Å²) in [6.45, 7) is 3.44. The molecule has 2 aliphatic rings. The molecular formula is C13H28N4O2S. The van der Waals surface area contributed by atoms with Crippen LogP contribution < -0.4 is 10.5 Å². The molecule has 0 spiro atoms. The fraction of sp³-hybridized carbons (Fsp3) is 1.00. The quantitative estimate of drug-likeness (QED) is 0.748. The number of likely N-dealkylation sites (N-methyl/N-ethyl adjacent to an activating group) is 1. The summed E-state index contributed by atoms with van der Waals surface area (Å²) in [6, 6.07) is 0.333. The van der Waals surface area contributed by atoms with Crippen molar-refractivity contribution in [2.45, 2.75) is 38.1 Å². The summed E-state index contributed by atoms with van der Waals surface area (Å²) in [5.74, 6) is 0.478. The van der Waals surface area contributed by atoms with Crippen molar-refractivity contribution in [3.63, 3.8) is 0 Å². The van der Waals surface area contributed by atoms with Gasteiger partial charge in [0.1, 0.15) is 0 Å². The minimum Gasteiger partial charge on any atom is -0.330 e. The van der Waals surface area contributed by atoms with E-state index in [1.165, 1.54) is 12.8 Å². The molecule has 2 heterocycles. The van der Waals surface area contributed by atoms with Gasteiger partial charge in [-0.2, -0.15) is 12.7 Å². The van der Waals surface area contributed by atoms with Crippen molar-refractivity contribution in [3.05, 3.63) is 0 Å². The summed E-state index contributed by atoms with van der Waals surface area (Å²) < 4.78 is 28.9. The zero-order chi connectivity index (χ0) is 14.6. The summed E-state index contributed by atoms with van der Waals surface area (Å²) in [5, 5.41) is 0. The average molecular weight is 304 g/mol. The molecule has 0 aromatic rings. The van der Waals surface area contributed by atoms with Crippen LogP contribution in [0.25, 0.3) is 0 Å². The van der Waals surface area contributed by atoms with Crippen molar-refractivity contribution in [2.75, 3.05) is 39.8 Å². The number of nitrogens with two attached hydrogens (primary N) is 1. The number of likely N-dealkylation sites (tertiary alicyclic amines) is 1. The number of nitrogens with zero attached hydrogens (tertiary/aromatic N) is 2. The maximum atomic E-state index is 12.3. The molecule has 2 saturated heterocycles. The van der Waals surface area contributed by atoms with E-state index in [1.54, 1.807) is 4.31 Å². The fourth-order valence-electron chi connectivity index (χ4n) is 3.08. The molecule has 0 aliphatic carbocycles. The molecule has 0 saturated carbocycles. The van der Waals surface area contributed by atoms with Crippen LogP contribution in [-0.4, -0.2) is 63.4 Å². The molecule has 118 valence electrons. The van der Waals surface area contributed by atoms with E-state index in [1.807, 2.05) is 0 Å². The minimum atomic E-state index is -3.32. The van der Waals surface area contributed by atoms with Gasteiger partial charge in [-0.05, 0) is 51.7 Å². The monoisotopic (exact) mass is 304 g/mol. The molecule has 0 bridgehead atoms. The van der Waals surface area contributed by atoms with E-state index in [2.05, 4.69) is 16.7 Å². The Morgan fingerprint density at radius 1 is 1.15 bits per heavy atom. The van der Waals surface area contributed by atoms with Crippen LogP contribution in [-0.2, 0) is 10.2 Å². The summed E-state index contributed by atoms with van der Waals surface area (Å²) in [5.41, 5.74) is 5.64. The van der Waals surface area contributed by atoms with Crippen LogP contribution in [0.2, 0.25) is 0 Å². The molecule has 6 nitrogen and oxygen atoms in total. The van der Waals surface area contributed by atoms with Crippen molar-refractivity contribution in [2.24, 2.45) is 11.7 Å². The van der Waals surface area contributed by atoms with Gasteiger partial charge >= 0.3 is 0 Å². The lowest BCUT2D eigenvalue weighted by molar-refractivity contribution is 0.186. The zero-order valence-corrected chi connectivity index (χ0v) is 13.2. The normalized spacial score (nSPS) is 27.8. The maximum Gasteiger partial charge on any atom is 0.279 e. The molecular weight excluding hydrogens is 276 g/mol. The predicted molar refractivity (Wildman–Crippen MR) is 80.5 cm³/mol. The minimum absolute atomic E-state index is 0.333. The largest absolute Gasteiger partial charge is 0.330 e. The highest BCUT2D eigenvalue weighted by atomic mass is 32.2. The molecule has 0 radical (unpaired) electrons. The molecule has 7 heteroatoms. The van der Waals surface area contributed by atoms with E-state index >= 15 is 0 Å². The number of nitrogens with one attached hydrogen (secondary N) is 1. The van der Waals surface area contributed by atoms with E-state index < -0.39 is 10.2 Å². The van der Waals surface area contributed by atoms with Gasteiger partial charge in [0.15, 0.2) is 0 Å². The van der Waals surface area contributed by atoms with Crippen molar-refractivity contribution in [3.8, 4) is 0 Å². The first-order chi connectivity index (χ1) is 9.53. The molecule has 0 aromatic heterocycles. The first-order valence-electron chi connectivity index (χ1n) is 7.68. The molecule has 20 heavy (non-hydrogen) atoms. The van der Waals surface area contributed by atoms with Crippen LogP contribution in [0, 0.1) is 5.92 Å². The van der Waals surface area contributed by atoms with Crippen LogP contribution in [0.4, 0.5) is 0 Å². The molecule has 0 aromatic carbocycles. The van der Waals surface area contributed by atoms with Crippen molar-refractivity contribution in [1.29, 1.82) is 0 Å². The molecule has 1 atom stereocenters. The lowest BCUT2D eigenvalue weighted by Crippen LogP contribution is -2.50. The Balaban J connectivity index is 1.82. The number of hydrogen-bond donors (Lipinski definition) is 2. The smallest absolute Gasteiger partial charge is 0.279 e. The third kappa shape index (κ3) is 4.14. The summed E-state index contributed by atoms with van der Waals surface area (Å²) in [6.07, 6.45) is 5.24. The summed E-state index contributed by atoms with van der Waals surface area (Å²) >= 11 is 0. The Labute approximate surface area is 122 Å². The molecule has 2 fully saturated rings. The lowest BCUT2D eigenvalue weighted by Gasteiger charge is -2.34. The van der Waals surface area contributed by atoms with E-state index in [-0.39, 0.29) is 0 Å². The molecule has 1 unspecified atom stereocenters. The number of rotatable bonds is 5. The molecule has 2 aliphatic heterocycles. The van der Waals surface area contributed by atoms with Gasteiger partial charge in [0, 0.05) is 25.7 Å². The third-order valence-electron chi connectivity index (χ3n) is 4.67. The van der Waals surface area contributed by atoms with Gasteiger partial charge in [-0.3, -0.25) is 0 Å². The maximum absolute atomic E-state index is 12.3. The average Bonchev–Trinajstić information content (AvgIpc) is 2.46. The van der Waals surface area contributed by atoms with Gasteiger partial charge in [0.2, 0.25) is 0 Å². The second kappa shape index (κ2) is 7.17. The van der Waals surface area contributed by atoms with Gasteiger partial charge in [-0.15, -0.1) is 0 Å². The second-order valence-electron chi connectivity index (χ2n) is 6.06. The van der Waals surface area contributed by atoms with Crippen LogP contribution in [0.3, 0.4) is 0 Å². The predicted octanol–water partition coefficient (Wildman–Crippen LogP) is -0.0242. The molecule has 3 N–H and O–H groups in total. The van der Waals surface area contributed by atoms with Crippen LogP contribution >= 0.6 is 0 Å². The van der Waals surface area contributed by atoms with Gasteiger partial charge in [0.05, 0.1) is 0 Å². The van der Waals surface area contributed by atoms with E-state index in [0.29, 0.717) is 38.1 Å². The number of hydrogen-bond acceptors (Lipinski definition) is 4.